The van der Waals surface area contributed by atoms with Gasteiger partial charge >= 0.3 is 0 Å². The molecule has 0 saturated carbocycles. The zero-order chi connectivity index (χ0) is 22.2. The molecule has 32 heavy (non-hydrogen) atoms. The number of fused-ring (bicyclic) bond motifs is 1. The second-order valence-electron chi connectivity index (χ2n) is 7.07. The molecular weight excluding hydrogens is 432 g/mol. The molecule has 7 nitrogen and oxygen atoms in total. The largest absolute Gasteiger partial charge is 0.496 e. The van der Waals surface area contributed by atoms with Gasteiger partial charge in [0.15, 0.2) is 11.5 Å². The Hall–Kier alpha value is -3.97. The highest BCUT2D eigenvalue weighted by molar-refractivity contribution is 6.46. The third-order valence-electron chi connectivity index (χ3n) is 5.19. The van der Waals surface area contributed by atoms with Crippen LogP contribution >= 0.6 is 11.6 Å². The number of imide groups is 1. The van der Waals surface area contributed by atoms with Gasteiger partial charge in [-0.05, 0) is 42.5 Å². The summed E-state index contributed by atoms with van der Waals surface area (Å²) >= 11 is 5.99. The molecule has 0 radical (unpaired) electrons. The van der Waals surface area contributed by atoms with Gasteiger partial charge in [0.2, 0.25) is 6.79 Å². The van der Waals surface area contributed by atoms with Crippen LogP contribution in [0.5, 0.6) is 17.2 Å². The van der Waals surface area contributed by atoms with Crippen LogP contribution in [0.4, 0.5) is 11.4 Å². The Morgan fingerprint density at radius 2 is 1.69 bits per heavy atom. The van der Waals surface area contributed by atoms with E-state index >= 15 is 0 Å². The number of hydrogen-bond donors (Lipinski definition) is 1. The normalized spacial score (nSPS) is 14.9. The Labute approximate surface area is 188 Å². The lowest BCUT2D eigenvalue weighted by Crippen LogP contribution is -2.32. The fraction of sp³-hybridized carbons (Fsp3) is 0.0833. The Kier molecular flexibility index (Phi) is 4.95. The number of para-hydroxylation sites is 1. The highest BCUT2D eigenvalue weighted by atomic mass is 35.5. The van der Waals surface area contributed by atoms with Gasteiger partial charge in [0.05, 0.1) is 18.4 Å². The van der Waals surface area contributed by atoms with Gasteiger partial charge in [0.25, 0.3) is 11.8 Å². The number of rotatable bonds is 5. The molecule has 160 valence electrons. The quantitative estimate of drug-likeness (QED) is 0.580. The van der Waals surface area contributed by atoms with E-state index < -0.39 is 11.8 Å². The lowest BCUT2D eigenvalue weighted by Gasteiger charge is -2.15. The fourth-order valence-corrected chi connectivity index (χ4v) is 3.82. The Morgan fingerprint density at radius 3 is 2.47 bits per heavy atom. The van der Waals surface area contributed by atoms with Crippen molar-refractivity contribution in [3.8, 4) is 17.2 Å². The molecule has 2 aliphatic rings. The maximum Gasteiger partial charge on any atom is 0.282 e. The minimum absolute atomic E-state index is 0.133. The molecule has 0 bridgehead atoms. The molecule has 5 rings (SSSR count). The molecule has 0 fully saturated rings. The van der Waals surface area contributed by atoms with Crippen molar-refractivity contribution in [3.63, 3.8) is 0 Å². The summed E-state index contributed by atoms with van der Waals surface area (Å²) in [5.74, 6) is 0.694. The predicted octanol–water partition coefficient (Wildman–Crippen LogP) is 4.47. The Morgan fingerprint density at radius 1 is 0.938 bits per heavy atom. The van der Waals surface area contributed by atoms with Crippen molar-refractivity contribution in [1.29, 1.82) is 0 Å². The van der Waals surface area contributed by atoms with Gasteiger partial charge in [-0.15, -0.1) is 0 Å². The van der Waals surface area contributed by atoms with Gasteiger partial charge in [-0.25, -0.2) is 4.90 Å². The van der Waals surface area contributed by atoms with Crippen molar-refractivity contribution in [2.45, 2.75) is 0 Å². The standard InChI is InChI=1S/C24H17ClN2O5/c1-30-18-5-3-2-4-17(18)21-22(26-15-8-11-19-20(12-15)32-13-31-19)24(29)27(23(21)28)16-9-6-14(25)7-10-16/h2-12,26H,13H2,1H3. The first-order valence-corrected chi connectivity index (χ1v) is 10.1. The van der Waals surface area contributed by atoms with Crippen molar-refractivity contribution in [2.24, 2.45) is 0 Å². The third-order valence-corrected chi connectivity index (χ3v) is 5.44. The number of benzene rings is 3. The first kappa shape index (κ1) is 20.0. The number of hydrogen-bond acceptors (Lipinski definition) is 6. The second-order valence-corrected chi connectivity index (χ2v) is 7.50. The van der Waals surface area contributed by atoms with E-state index in [4.69, 9.17) is 25.8 Å². The molecular formula is C24H17ClN2O5. The number of methoxy groups -OCH3 is 1. The Bertz CT molecular complexity index is 1270. The van der Waals surface area contributed by atoms with Crippen molar-refractivity contribution in [1.82, 2.24) is 0 Å². The average Bonchev–Trinajstić information content (AvgIpc) is 3.37. The van der Waals surface area contributed by atoms with E-state index in [0.717, 1.165) is 4.90 Å². The minimum Gasteiger partial charge on any atom is -0.496 e. The maximum absolute atomic E-state index is 13.5. The minimum atomic E-state index is -0.490. The van der Waals surface area contributed by atoms with E-state index in [1.165, 1.54) is 7.11 Å². The van der Waals surface area contributed by atoms with Crippen molar-refractivity contribution in [2.75, 3.05) is 24.1 Å². The van der Waals surface area contributed by atoms with Crippen LogP contribution in [0.15, 0.2) is 72.4 Å². The van der Waals surface area contributed by atoms with E-state index in [-0.39, 0.29) is 18.1 Å². The summed E-state index contributed by atoms with van der Waals surface area (Å²) in [5.41, 5.74) is 1.84. The maximum atomic E-state index is 13.5. The summed E-state index contributed by atoms with van der Waals surface area (Å²) in [5, 5.41) is 3.62. The van der Waals surface area contributed by atoms with Crippen molar-refractivity contribution >= 4 is 40.4 Å². The molecule has 0 unspecified atom stereocenters. The lowest BCUT2D eigenvalue weighted by atomic mass is 10.0. The van der Waals surface area contributed by atoms with E-state index in [0.29, 0.717) is 39.2 Å². The molecule has 8 heteroatoms. The molecule has 2 aliphatic heterocycles. The topological polar surface area (TPSA) is 77.1 Å². The monoisotopic (exact) mass is 448 g/mol. The van der Waals surface area contributed by atoms with Crippen LogP contribution in [0, 0.1) is 0 Å². The fourth-order valence-electron chi connectivity index (χ4n) is 3.69. The highest BCUT2D eigenvalue weighted by Gasteiger charge is 2.41. The van der Waals surface area contributed by atoms with Gasteiger partial charge in [0.1, 0.15) is 11.4 Å². The number of carbonyl (C=O) groups excluding carboxylic acids is 2. The number of nitrogens with one attached hydrogen (secondary N) is 1. The second kappa shape index (κ2) is 7.94. The van der Waals surface area contributed by atoms with Crippen LogP contribution in [0.25, 0.3) is 5.57 Å². The number of anilines is 2. The van der Waals surface area contributed by atoms with Gasteiger partial charge in [0, 0.05) is 22.3 Å². The molecule has 0 saturated heterocycles. The Balaban J connectivity index is 1.62. The van der Waals surface area contributed by atoms with Crippen LogP contribution in [0.1, 0.15) is 5.56 Å². The summed E-state index contributed by atoms with van der Waals surface area (Å²) in [6.45, 7) is 0.135. The summed E-state index contributed by atoms with van der Waals surface area (Å²) in [4.78, 5) is 28.1. The number of nitrogens with zero attached hydrogens (tertiary/aromatic N) is 1. The first-order chi connectivity index (χ1) is 15.6. The molecule has 1 N–H and O–H groups in total. The van der Waals surface area contributed by atoms with Crippen LogP contribution in [-0.4, -0.2) is 25.7 Å². The number of amides is 2. The number of carbonyl (C=O) groups is 2. The molecule has 3 aromatic rings. The van der Waals surface area contributed by atoms with Crippen LogP contribution in [-0.2, 0) is 9.59 Å². The SMILES string of the molecule is COc1ccccc1C1=C(Nc2ccc3c(c2)OCO3)C(=O)N(c2ccc(Cl)cc2)C1=O. The predicted molar refractivity (Wildman–Crippen MR) is 120 cm³/mol. The van der Waals surface area contributed by atoms with Gasteiger partial charge in [-0.3, -0.25) is 9.59 Å². The molecule has 0 aromatic heterocycles. The third kappa shape index (κ3) is 3.33. The molecule has 0 spiro atoms. The smallest absolute Gasteiger partial charge is 0.282 e. The number of halogens is 1. The van der Waals surface area contributed by atoms with Crippen LogP contribution in [0.3, 0.4) is 0 Å². The average molecular weight is 449 g/mol. The molecule has 0 atom stereocenters. The number of ether oxygens (including phenoxy) is 3. The zero-order valence-electron chi connectivity index (χ0n) is 16.9. The molecule has 2 heterocycles. The van der Waals surface area contributed by atoms with Crippen LogP contribution < -0.4 is 24.4 Å². The summed E-state index contributed by atoms with van der Waals surface area (Å²) in [6, 6.07) is 18.8. The van der Waals surface area contributed by atoms with Crippen LogP contribution in [0.2, 0.25) is 5.02 Å². The van der Waals surface area contributed by atoms with E-state index in [2.05, 4.69) is 5.32 Å². The molecule has 0 aliphatic carbocycles. The zero-order valence-corrected chi connectivity index (χ0v) is 17.7. The van der Waals surface area contributed by atoms with Crippen molar-refractivity contribution < 1.29 is 23.8 Å². The van der Waals surface area contributed by atoms with E-state index in [1.54, 1.807) is 66.7 Å². The van der Waals surface area contributed by atoms with Gasteiger partial charge in [-0.2, -0.15) is 0 Å². The summed E-state index contributed by atoms with van der Waals surface area (Å²) in [7, 11) is 1.52. The highest BCUT2D eigenvalue weighted by Crippen LogP contribution is 2.39. The van der Waals surface area contributed by atoms with E-state index in [9.17, 15) is 9.59 Å². The molecule has 3 aromatic carbocycles. The first-order valence-electron chi connectivity index (χ1n) is 9.75. The van der Waals surface area contributed by atoms with Crippen molar-refractivity contribution in [3.05, 3.63) is 83.0 Å². The van der Waals surface area contributed by atoms with E-state index in [1.807, 2.05) is 0 Å². The van der Waals surface area contributed by atoms with Gasteiger partial charge in [-0.1, -0.05) is 29.8 Å². The van der Waals surface area contributed by atoms with Gasteiger partial charge < -0.3 is 19.5 Å². The molecule has 2 amide bonds. The summed E-state index contributed by atoms with van der Waals surface area (Å²) in [6.07, 6.45) is 0. The lowest BCUT2D eigenvalue weighted by molar-refractivity contribution is -0.120. The summed E-state index contributed by atoms with van der Waals surface area (Å²) < 4.78 is 16.2.